The maximum absolute atomic E-state index is 12.1. The molecule has 1 heterocycles. The third-order valence-corrected chi connectivity index (χ3v) is 4.81. The molecule has 1 aliphatic rings. The highest BCUT2D eigenvalue weighted by Crippen LogP contribution is 2.40. The number of halogens is 1. The fourth-order valence-corrected chi connectivity index (χ4v) is 3.24. The molecule has 0 bridgehead atoms. The third-order valence-electron chi connectivity index (χ3n) is 3.60. The lowest BCUT2D eigenvalue weighted by molar-refractivity contribution is -0.113. The van der Waals surface area contributed by atoms with Crippen molar-refractivity contribution in [3.05, 3.63) is 35.1 Å². The molecule has 7 heteroatoms. The Balaban J connectivity index is 1.59. The molecule has 1 amide bonds. The van der Waals surface area contributed by atoms with E-state index in [1.54, 1.807) is 24.3 Å². The van der Waals surface area contributed by atoms with E-state index in [0.29, 0.717) is 16.7 Å². The lowest BCUT2D eigenvalue weighted by Gasteiger charge is -2.08. The topological polar surface area (TPSA) is 59.8 Å². The number of carbonyl (C=O) groups is 1. The molecule has 0 spiro atoms. The van der Waals surface area contributed by atoms with Crippen molar-refractivity contribution < 1.29 is 4.79 Å². The van der Waals surface area contributed by atoms with Gasteiger partial charge in [0.15, 0.2) is 5.16 Å². The Labute approximate surface area is 144 Å². The quantitative estimate of drug-likeness (QED) is 0.768. The van der Waals surface area contributed by atoms with Crippen molar-refractivity contribution in [2.45, 2.75) is 43.8 Å². The van der Waals surface area contributed by atoms with Crippen LogP contribution in [0.25, 0.3) is 0 Å². The van der Waals surface area contributed by atoms with Crippen LogP contribution >= 0.6 is 23.4 Å². The SMILES string of the molecule is CCCn1c(SCC(=O)Nc2ccc(Cl)cc2)nnc1C1CC1. The van der Waals surface area contributed by atoms with Crippen LogP contribution in [0.4, 0.5) is 5.69 Å². The van der Waals surface area contributed by atoms with E-state index in [0.717, 1.165) is 29.6 Å². The van der Waals surface area contributed by atoms with Crippen molar-refractivity contribution in [2.24, 2.45) is 0 Å². The number of amides is 1. The number of hydrogen-bond donors (Lipinski definition) is 1. The molecule has 5 nitrogen and oxygen atoms in total. The molecular formula is C16H19ClN4OS. The van der Waals surface area contributed by atoms with E-state index >= 15 is 0 Å². The van der Waals surface area contributed by atoms with Crippen LogP contribution in [-0.2, 0) is 11.3 Å². The minimum absolute atomic E-state index is 0.0589. The van der Waals surface area contributed by atoms with Gasteiger partial charge >= 0.3 is 0 Å². The maximum Gasteiger partial charge on any atom is 0.234 e. The number of hydrogen-bond acceptors (Lipinski definition) is 4. The summed E-state index contributed by atoms with van der Waals surface area (Å²) < 4.78 is 2.16. The second-order valence-electron chi connectivity index (χ2n) is 5.61. The van der Waals surface area contributed by atoms with E-state index in [2.05, 4.69) is 27.0 Å². The zero-order valence-corrected chi connectivity index (χ0v) is 14.5. The second-order valence-corrected chi connectivity index (χ2v) is 6.99. The standard InChI is InChI=1S/C16H19ClN4OS/c1-2-9-21-15(11-3-4-11)19-20-16(21)23-10-14(22)18-13-7-5-12(17)6-8-13/h5-8,11H,2-4,9-10H2,1H3,(H,18,22). The Morgan fingerprint density at radius 2 is 2.09 bits per heavy atom. The number of thioether (sulfide) groups is 1. The van der Waals surface area contributed by atoms with Crippen LogP contribution in [-0.4, -0.2) is 26.4 Å². The van der Waals surface area contributed by atoms with E-state index in [4.69, 9.17) is 11.6 Å². The van der Waals surface area contributed by atoms with E-state index in [1.807, 2.05) is 0 Å². The molecule has 1 fully saturated rings. The molecular weight excluding hydrogens is 332 g/mol. The van der Waals surface area contributed by atoms with Crippen LogP contribution < -0.4 is 5.32 Å². The van der Waals surface area contributed by atoms with Crippen LogP contribution in [0.3, 0.4) is 0 Å². The van der Waals surface area contributed by atoms with Gasteiger partial charge in [0, 0.05) is 23.2 Å². The monoisotopic (exact) mass is 350 g/mol. The number of anilines is 1. The number of nitrogens with zero attached hydrogens (tertiary/aromatic N) is 3. The van der Waals surface area contributed by atoms with Crippen molar-refractivity contribution in [2.75, 3.05) is 11.1 Å². The Bertz CT molecular complexity index is 682. The van der Waals surface area contributed by atoms with Gasteiger partial charge in [-0.2, -0.15) is 0 Å². The summed E-state index contributed by atoms with van der Waals surface area (Å²) in [7, 11) is 0. The van der Waals surface area contributed by atoms with E-state index < -0.39 is 0 Å². The summed E-state index contributed by atoms with van der Waals surface area (Å²) in [5.41, 5.74) is 0.744. The highest BCUT2D eigenvalue weighted by Gasteiger charge is 2.30. The molecule has 0 aliphatic heterocycles. The summed E-state index contributed by atoms with van der Waals surface area (Å²) in [6.45, 7) is 3.04. The smallest absolute Gasteiger partial charge is 0.234 e. The van der Waals surface area contributed by atoms with Crippen molar-refractivity contribution in [3.63, 3.8) is 0 Å². The molecule has 2 aromatic rings. The highest BCUT2D eigenvalue weighted by molar-refractivity contribution is 7.99. The van der Waals surface area contributed by atoms with Gasteiger partial charge in [0.2, 0.25) is 5.91 Å². The summed E-state index contributed by atoms with van der Waals surface area (Å²) in [6, 6.07) is 7.08. The molecule has 0 radical (unpaired) electrons. The van der Waals surface area contributed by atoms with E-state index in [1.165, 1.54) is 24.6 Å². The molecule has 0 unspecified atom stereocenters. The summed E-state index contributed by atoms with van der Waals surface area (Å²) in [4.78, 5) is 12.1. The van der Waals surface area contributed by atoms with Gasteiger partial charge in [0.1, 0.15) is 5.82 Å². The molecule has 1 saturated carbocycles. The average molecular weight is 351 g/mol. The van der Waals surface area contributed by atoms with Crippen molar-refractivity contribution in [1.82, 2.24) is 14.8 Å². The van der Waals surface area contributed by atoms with Gasteiger partial charge in [-0.3, -0.25) is 4.79 Å². The minimum atomic E-state index is -0.0589. The van der Waals surface area contributed by atoms with E-state index in [-0.39, 0.29) is 5.91 Å². The average Bonchev–Trinajstić information content (AvgIpc) is 3.30. The molecule has 1 aromatic heterocycles. The first-order valence-corrected chi connectivity index (χ1v) is 9.15. The van der Waals surface area contributed by atoms with Crippen molar-refractivity contribution >= 4 is 35.0 Å². The number of nitrogens with one attached hydrogen (secondary N) is 1. The first-order chi connectivity index (χ1) is 11.2. The van der Waals surface area contributed by atoms with Gasteiger partial charge < -0.3 is 9.88 Å². The molecule has 0 saturated heterocycles. The lowest BCUT2D eigenvalue weighted by atomic mass is 10.3. The first kappa shape index (κ1) is 16.3. The first-order valence-electron chi connectivity index (χ1n) is 7.78. The number of benzene rings is 1. The van der Waals surface area contributed by atoms with Crippen LogP contribution in [0.2, 0.25) is 5.02 Å². The maximum atomic E-state index is 12.1. The fourth-order valence-electron chi connectivity index (χ4n) is 2.34. The lowest BCUT2D eigenvalue weighted by Crippen LogP contribution is -2.14. The van der Waals surface area contributed by atoms with Gasteiger partial charge in [0.05, 0.1) is 5.75 Å². The highest BCUT2D eigenvalue weighted by atomic mass is 35.5. The Morgan fingerprint density at radius 3 is 2.74 bits per heavy atom. The Kier molecular flexibility index (Phi) is 5.23. The van der Waals surface area contributed by atoms with E-state index in [9.17, 15) is 4.79 Å². The zero-order valence-electron chi connectivity index (χ0n) is 13.0. The number of carbonyl (C=O) groups excluding carboxylic acids is 1. The summed E-state index contributed by atoms with van der Waals surface area (Å²) in [6.07, 6.45) is 3.43. The van der Waals surface area contributed by atoms with Gasteiger partial charge in [-0.15, -0.1) is 10.2 Å². The predicted octanol–water partition coefficient (Wildman–Crippen LogP) is 3.95. The van der Waals surface area contributed by atoms with Crippen LogP contribution in [0.1, 0.15) is 37.9 Å². The van der Waals surface area contributed by atoms with Gasteiger partial charge in [-0.1, -0.05) is 30.3 Å². The van der Waals surface area contributed by atoms with Crippen molar-refractivity contribution in [3.8, 4) is 0 Å². The molecule has 23 heavy (non-hydrogen) atoms. The second kappa shape index (κ2) is 7.36. The molecule has 1 aliphatic carbocycles. The van der Waals surface area contributed by atoms with Gasteiger partial charge in [-0.05, 0) is 43.5 Å². The molecule has 3 rings (SSSR count). The predicted molar refractivity (Wildman–Crippen MR) is 93.1 cm³/mol. The molecule has 0 atom stereocenters. The Morgan fingerprint density at radius 1 is 1.35 bits per heavy atom. The van der Waals surface area contributed by atoms with Gasteiger partial charge in [-0.25, -0.2) is 0 Å². The zero-order chi connectivity index (χ0) is 16.2. The summed E-state index contributed by atoms with van der Waals surface area (Å²) in [5.74, 6) is 1.89. The van der Waals surface area contributed by atoms with Crippen molar-refractivity contribution in [1.29, 1.82) is 0 Å². The van der Waals surface area contributed by atoms with Gasteiger partial charge in [0.25, 0.3) is 0 Å². The third kappa shape index (κ3) is 4.26. The number of aromatic nitrogens is 3. The van der Waals surface area contributed by atoms with Crippen LogP contribution in [0.5, 0.6) is 0 Å². The molecule has 122 valence electrons. The molecule has 1 N–H and O–H groups in total. The Hall–Kier alpha value is -1.53. The normalized spacial score (nSPS) is 14.0. The van der Waals surface area contributed by atoms with Crippen LogP contribution in [0, 0.1) is 0 Å². The minimum Gasteiger partial charge on any atom is -0.325 e. The largest absolute Gasteiger partial charge is 0.325 e. The van der Waals surface area contributed by atoms with Crippen LogP contribution in [0.15, 0.2) is 29.4 Å². The fraction of sp³-hybridized carbons (Fsp3) is 0.438. The summed E-state index contributed by atoms with van der Waals surface area (Å²) >= 11 is 7.27. The summed E-state index contributed by atoms with van der Waals surface area (Å²) in [5, 5.41) is 12.9. The molecule has 1 aromatic carbocycles. The number of rotatable bonds is 7.